The number of halogens is 2. The van der Waals surface area contributed by atoms with Crippen LogP contribution in [-0.4, -0.2) is 43.1 Å². The second-order valence-corrected chi connectivity index (χ2v) is 7.98. The van der Waals surface area contributed by atoms with E-state index in [4.69, 9.17) is 0 Å². The number of fused-ring (bicyclic) bond motifs is 1. The van der Waals surface area contributed by atoms with Crippen molar-refractivity contribution >= 4 is 22.5 Å². The molecule has 0 spiro atoms. The molecule has 11 nitrogen and oxygen atoms in total. The van der Waals surface area contributed by atoms with Gasteiger partial charge in [0.05, 0.1) is 22.3 Å². The predicted octanol–water partition coefficient (Wildman–Crippen LogP) is 2.03. The maximum Gasteiger partial charge on any atom is 0.333 e. The minimum atomic E-state index is -0.898. The molecule has 186 valence electrons. The van der Waals surface area contributed by atoms with Gasteiger partial charge in [-0.15, -0.1) is 10.2 Å². The molecular formula is C24H18F2N8O3. The number of nitrogens with one attached hydrogen (secondary N) is 4. The molecule has 2 heterocycles. The zero-order valence-corrected chi connectivity index (χ0v) is 19.1. The van der Waals surface area contributed by atoms with Crippen molar-refractivity contribution in [3.8, 4) is 5.69 Å². The molecule has 37 heavy (non-hydrogen) atoms. The highest BCUT2D eigenvalue weighted by Gasteiger charge is 2.22. The lowest BCUT2D eigenvalue weighted by Gasteiger charge is -2.16. The van der Waals surface area contributed by atoms with Gasteiger partial charge in [-0.25, -0.2) is 18.1 Å². The van der Waals surface area contributed by atoms with Gasteiger partial charge < -0.3 is 15.6 Å². The molecule has 0 saturated heterocycles. The third kappa shape index (κ3) is 4.45. The van der Waals surface area contributed by atoms with E-state index in [9.17, 15) is 23.2 Å². The lowest BCUT2D eigenvalue weighted by molar-refractivity contribution is 0.0941. The number of aromatic amines is 2. The van der Waals surface area contributed by atoms with Crippen molar-refractivity contribution in [1.29, 1.82) is 0 Å². The first-order valence-corrected chi connectivity index (χ1v) is 10.9. The van der Waals surface area contributed by atoms with E-state index in [1.54, 1.807) is 6.07 Å². The van der Waals surface area contributed by atoms with Gasteiger partial charge in [-0.1, -0.05) is 17.3 Å². The summed E-state index contributed by atoms with van der Waals surface area (Å²) in [5.41, 5.74) is -0.390. The Kier molecular flexibility index (Phi) is 6.01. The SMILES string of the molecule is CNc1cc2[nH]c(=O)n(-c3ccc(C(=O)NC(c4cccc(F)c4)c4nn[nH]n4)cc3)c(=O)c2cc1F. The van der Waals surface area contributed by atoms with E-state index in [-0.39, 0.29) is 33.7 Å². The van der Waals surface area contributed by atoms with Crippen molar-refractivity contribution in [2.45, 2.75) is 6.04 Å². The summed E-state index contributed by atoms with van der Waals surface area (Å²) in [6.07, 6.45) is 0. The second kappa shape index (κ2) is 9.45. The molecule has 0 radical (unpaired) electrons. The highest BCUT2D eigenvalue weighted by molar-refractivity contribution is 5.94. The maximum absolute atomic E-state index is 14.2. The summed E-state index contributed by atoms with van der Waals surface area (Å²) in [5, 5.41) is 18.9. The van der Waals surface area contributed by atoms with Crippen LogP contribution >= 0.6 is 0 Å². The molecule has 0 aliphatic heterocycles. The molecule has 1 amide bonds. The van der Waals surface area contributed by atoms with E-state index in [1.165, 1.54) is 55.6 Å². The number of carbonyl (C=O) groups is 1. The second-order valence-electron chi connectivity index (χ2n) is 7.98. The topological polar surface area (TPSA) is 150 Å². The zero-order valence-electron chi connectivity index (χ0n) is 19.1. The third-order valence-corrected chi connectivity index (χ3v) is 5.72. The lowest BCUT2D eigenvalue weighted by Crippen LogP contribution is -2.34. The Morgan fingerprint density at radius 3 is 2.51 bits per heavy atom. The average Bonchev–Trinajstić information content (AvgIpc) is 3.42. The summed E-state index contributed by atoms with van der Waals surface area (Å²) < 4.78 is 28.9. The number of aromatic nitrogens is 6. The summed E-state index contributed by atoms with van der Waals surface area (Å²) in [6, 6.07) is 12.7. The van der Waals surface area contributed by atoms with Crippen molar-refractivity contribution in [2.24, 2.45) is 0 Å². The van der Waals surface area contributed by atoms with Gasteiger partial charge in [-0.05, 0) is 54.1 Å². The van der Waals surface area contributed by atoms with E-state index < -0.39 is 34.8 Å². The number of hydrogen-bond acceptors (Lipinski definition) is 7. The molecule has 0 aliphatic carbocycles. The first-order chi connectivity index (χ1) is 17.9. The Morgan fingerprint density at radius 2 is 1.84 bits per heavy atom. The monoisotopic (exact) mass is 504 g/mol. The first-order valence-electron chi connectivity index (χ1n) is 10.9. The van der Waals surface area contributed by atoms with Crippen LogP contribution in [0.3, 0.4) is 0 Å². The Balaban J connectivity index is 1.46. The number of nitrogens with zero attached hydrogens (tertiary/aromatic N) is 4. The Morgan fingerprint density at radius 1 is 1.05 bits per heavy atom. The van der Waals surface area contributed by atoms with Gasteiger partial charge in [-0.3, -0.25) is 9.59 Å². The number of benzene rings is 3. The molecule has 3 aromatic carbocycles. The van der Waals surface area contributed by atoms with Crippen LogP contribution in [0.25, 0.3) is 16.6 Å². The van der Waals surface area contributed by atoms with Crippen LogP contribution < -0.4 is 21.9 Å². The standard InChI is InChI=1S/C24H18F2N8O3/c1-27-19-11-18-16(10-17(19)26)23(36)34(24(37)28-18)15-7-5-12(6-8-15)22(35)29-20(21-30-32-33-31-21)13-3-2-4-14(25)9-13/h2-11,20,27H,1H3,(H,28,37)(H,29,35)(H,30,31,32,33). The van der Waals surface area contributed by atoms with Crippen LogP contribution in [0.5, 0.6) is 0 Å². The molecule has 0 aliphatic rings. The fourth-order valence-corrected chi connectivity index (χ4v) is 3.91. The minimum absolute atomic E-state index is 0.0176. The van der Waals surface area contributed by atoms with E-state index in [0.29, 0.717) is 5.56 Å². The average molecular weight is 504 g/mol. The van der Waals surface area contributed by atoms with Gasteiger partial charge >= 0.3 is 5.69 Å². The van der Waals surface area contributed by atoms with Crippen molar-refractivity contribution in [1.82, 2.24) is 35.5 Å². The Labute approximate surface area is 206 Å². The third-order valence-electron chi connectivity index (χ3n) is 5.72. The number of H-pyrrole nitrogens is 2. The Bertz CT molecular complexity index is 1730. The highest BCUT2D eigenvalue weighted by atomic mass is 19.1. The van der Waals surface area contributed by atoms with E-state index in [2.05, 4.69) is 36.2 Å². The van der Waals surface area contributed by atoms with Gasteiger partial charge in [-0.2, -0.15) is 5.21 Å². The number of amides is 1. The highest BCUT2D eigenvalue weighted by Crippen LogP contribution is 2.21. The predicted molar refractivity (Wildman–Crippen MR) is 130 cm³/mol. The van der Waals surface area contributed by atoms with Crippen LogP contribution in [-0.2, 0) is 0 Å². The molecule has 5 rings (SSSR count). The van der Waals surface area contributed by atoms with Crippen molar-refractivity contribution < 1.29 is 13.6 Å². The molecular weight excluding hydrogens is 486 g/mol. The smallest absolute Gasteiger partial charge is 0.333 e. The number of tetrazole rings is 1. The van der Waals surface area contributed by atoms with Gasteiger partial charge in [0, 0.05) is 12.6 Å². The summed E-state index contributed by atoms with van der Waals surface area (Å²) in [4.78, 5) is 41.2. The molecule has 2 aromatic heterocycles. The molecule has 1 atom stereocenters. The summed E-state index contributed by atoms with van der Waals surface area (Å²) in [6.45, 7) is 0. The van der Waals surface area contributed by atoms with Gasteiger partial charge in [0.2, 0.25) is 5.82 Å². The van der Waals surface area contributed by atoms with Crippen LogP contribution in [0.1, 0.15) is 27.8 Å². The van der Waals surface area contributed by atoms with Gasteiger partial charge in [0.25, 0.3) is 11.5 Å². The molecule has 0 saturated carbocycles. The lowest BCUT2D eigenvalue weighted by atomic mass is 10.1. The van der Waals surface area contributed by atoms with E-state index in [0.717, 1.165) is 10.6 Å². The number of rotatable bonds is 6. The van der Waals surface area contributed by atoms with Gasteiger partial charge in [0.15, 0.2) is 0 Å². The molecule has 0 bridgehead atoms. The first kappa shape index (κ1) is 23.5. The molecule has 1 unspecified atom stereocenters. The number of carbonyl (C=O) groups excluding carboxylic acids is 1. The van der Waals surface area contributed by atoms with E-state index >= 15 is 0 Å². The van der Waals surface area contributed by atoms with E-state index in [1.807, 2.05) is 0 Å². The largest absolute Gasteiger partial charge is 0.386 e. The number of anilines is 1. The minimum Gasteiger partial charge on any atom is -0.386 e. The summed E-state index contributed by atoms with van der Waals surface area (Å²) in [7, 11) is 1.52. The maximum atomic E-state index is 14.2. The summed E-state index contributed by atoms with van der Waals surface area (Å²) >= 11 is 0. The molecule has 4 N–H and O–H groups in total. The van der Waals surface area contributed by atoms with Crippen molar-refractivity contribution in [3.05, 3.63) is 110 Å². The Hall–Kier alpha value is -5.20. The van der Waals surface area contributed by atoms with Crippen LogP contribution in [0, 0.1) is 11.6 Å². The molecule has 13 heteroatoms. The zero-order chi connectivity index (χ0) is 26.1. The van der Waals surface area contributed by atoms with Gasteiger partial charge in [0.1, 0.15) is 17.7 Å². The molecule has 0 fully saturated rings. The van der Waals surface area contributed by atoms with Crippen LogP contribution in [0.4, 0.5) is 14.5 Å². The quantitative estimate of drug-likeness (QED) is 0.276. The fraction of sp³-hybridized carbons (Fsp3) is 0.0833. The summed E-state index contributed by atoms with van der Waals surface area (Å²) in [5.74, 6) is -1.57. The van der Waals surface area contributed by atoms with Crippen LogP contribution in [0.15, 0.2) is 70.3 Å². The fourth-order valence-electron chi connectivity index (χ4n) is 3.91. The normalized spacial score (nSPS) is 11.9. The number of hydrogen-bond donors (Lipinski definition) is 4. The van der Waals surface area contributed by atoms with Crippen molar-refractivity contribution in [3.63, 3.8) is 0 Å². The van der Waals surface area contributed by atoms with Crippen molar-refractivity contribution in [2.75, 3.05) is 12.4 Å². The van der Waals surface area contributed by atoms with Crippen LogP contribution in [0.2, 0.25) is 0 Å². The molecule has 5 aromatic rings.